The molecule has 0 aliphatic rings. The Labute approximate surface area is 154 Å². The van der Waals surface area contributed by atoms with Gasteiger partial charge in [0.1, 0.15) is 12.0 Å². The number of carbonyl (C=O) groups excluding carboxylic acids is 1. The summed E-state index contributed by atoms with van der Waals surface area (Å²) in [5, 5.41) is 0. The Morgan fingerprint density at radius 3 is 2.38 bits per heavy atom. The van der Waals surface area contributed by atoms with Crippen molar-refractivity contribution >= 4 is 5.91 Å². The van der Waals surface area contributed by atoms with Crippen LogP contribution in [0.3, 0.4) is 0 Å². The highest BCUT2D eigenvalue weighted by atomic mass is 16.2. The third-order valence-corrected chi connectivity index (χ3v) is 4.40. The van der Waals surface area contributed by atoms with Crippen LogP contribution in [-0.4, -0.2) is 27.8 Å². The van der Waals surface area contributed by atoms with Crippen LogP contribution in [0.1, 0.15) is 32.7 Å². The van der Waals surface area contributed by atoms with E-state index < -0.39 is 0 Å². The normalized spacial score (nSPS) is 10.6. The van der Waals surface area contributed by atoms with E-state index in [-0.39, 0.29) is 5.91 Å². The van der Waals surface area contributed by atoms with Gasteiger partial charge in [0.15, 0.2) is 0 Å². The van der Waals surface area contributed by atoms with Crippen molar-refractivity contribution in [2.45, 2.75) is 27.3 Å². The summed E-state index contributed by atoms with van der Waals surface area (Å²) in [5.41, 5.74) is 6.78. The Balaban J connectivity index is 1.92. The fourth-order valence-corrected chi connectivity index (χ4v) is 3.26. The molecule has 4 heteroatoms. The Bertz CT molecular complexity index is 929. The lowest BCUT2D eigenvalue weighted by molar-refractivity contribution is 0.0780. The summed E-state index contributed by atoms with van der Waals surface area (Å²) in [5.74, 6) is -0.107. The number of hydrogen-bond acceptors (Lipinski definition) is 3. The number of carbonyl (C=O) groups is 1. The quantitative estimate of drug-likeness (QED) is 0.706. The van der Waals surface area contributed by atoms with Gasteiger partial charge in [-0.1, -0.05) is 53.6 Å². The first-order valence-electron chi connectivity index (χ1n) is 8.64. The Morgan fingerprint density at radius 1 is 1.00 bits per heavy atom. The predicted molar refractivity (Wildman–Crippen MR) is 104 cm³/mol. The molecule has 0 aliphatic carbocycles. The molecule has 1 aromatic heterocycles. The van der Waals surface area contributed by atoms with Gasteiger partial charge >= 0.3 is 0 Å². The second kappa shape index (κ2) is 7.48. The lowest BCUT2D eigenvalue weighted by Gasteiger charge is -2.19. The SMILES string of the molecule is Cc1cc(C)cc(CN(C)C(=O)c2ncncc2-c2ccccc2C)c1. The van der Waals surface area contributed by atoms with E-state index in [0.717, 1.165) is 22.3 Å². The predicted octanol–water partition coefficient (Wildman–Crippen LogP) is 4.34. The van der Waals surface area contributed by atoms with E-state index in [1.807, 2.05) is 38.2 Å². The van der Waals surface area contributed by atoms with Gasteiger partial charge in [-0.05, 0) is 37.5 Å². The highest BCUT2D eigenvalue weighted by molar-refractivity contribution is 5.98. The second-order valence-corrected chi connectivity index (χ2v) is 6.76. The molecule has 26 heavy (non-hydrogen) atoms. The molecule has 0 saturated carbocycles. The maximum atomic E-state index is 13.1. The summed E-state index contributed by atoms with van der Waals surface area (Å²) in [6, 6.07) is 14.3. The average molecular weight is 345 g/mol. The standard InChI is InChI=1S/C22H23N3O/c1-15-9-16(2)11-18(10-15)13-25(4)22(26)21-20(12-23-14-24-21)19-8-6-5-7-17(19)3/h5-12,14H,13H2,1-4H3. The van der Waals surface area contributed by atoms with E-state index in [4.69, 9.17) is 0 Å². The van der Waals surface area contributed by atoms with Crippen LogP contribution in [0.4, 0.5) is 0 Å². The maximum absolute atomic E-state index is 13.1. The molecule has 0 atom stereocenters. The first-order chi connectivity index (χ1) is 12.5. The molecule has 0 N–H and O–H groups in total. The lowest BCUT2D eigenvalue weighted by Crippen LogP contribution is -2.27. The number of benzene rings is 2. The minimum atomic E-state index is -0.107. The molecule has 0 aliphatic heterocycles. The van der Waals surface area contributed by atoms with Crippen molar-refractivity contribution < 1.29 is 4.79 Å². The fraction of sp³-hybridized carbons (Fsp3) is 0.227. The molecule has 4 nitrogen and oxygen atoms in total. The molecule has 0 bridgehead atoms. The van der Waals surface area contributed by atoms with Crippen LogP contribution < -0.4 is 0 Å². The molecule has 0 fully saturated rings. The molecular formula is C22H23N3O. The van der Waals surface area contributed by atoms with Crippen LogP contribution in [0.5, 0.6) is 0 Å². The first kappa shape index (κ1) is 17.8. The zero-order valence-corrected chi connectivity index (χ0v) is 15.7. The van der Waals surface area contributed by atoms with Crippen LogP contribution in [0, 0.1) is 20.8 Å². The van der Waals surface area contributed by atoms with Crippen molar-refractivity contribution in [3.8, 4) is 11.1 Å². The Hall–Kier alpha value is -3.01. The average Bonchev–Trinajstić information content (AvgIpc) is 2.60. The zero-order chi connectivity index (χ0) is 18.7. The van der Waals surface area contributed by atoms with Crippen molar-refractivity contribution in [3.05, 3.63) is 82.9 Å². The van der Waals surface area contributed by atoms with Crippen LogP contribution in [0.15, 0.2) is 55.0 Å². The van der Waals surface area contributed by atoms with E-state index in [1.165, 1.54) is 17.5 Å². The van der Waals surface area contributed by atoms with Crippen molar-refractivity contribution in [3.63, 3.8) is 0 Å². The smallest absolute Gasteiger partial charge is 0.273 e. The van der Waals surface area contributed by atoms with Gasteiger partial charge in [-0.3, -0.25) is 4.79 Å². The van der Waals surface area contributed by atoms with Crippen molar-refractivity contribution in [2.24, 2.45) is 0 Å². The van der Waals surface area contributed by atoms with Crippen LogP contribution in [0.25, 0.3) is 11.1 Å². The third-order valence-electron chi connectivity index (χ3n) is 4.40. The van der Waals surface area contributed by atoms with Gasteiger partial charge in [0, 0.05) is 25.4 Å². The van der Waals surface area contributed by atoms with Crippen molar-refractivity contribution in [1.82, 2.24) is 14.9 Å². The van der Waals surface area contributed by atoms with Gasteiger partial charge < -0.3 is 4.90 Å². The summed E-state index contributed by atoms with van der Waals surface area (Å²) in [6.07, 6.45) is 3.15. The largest absolute Gasteiger partial charge is 0.336 e. The lowest BCUT2D eigenvalue weighted by atomic mass is 10.00. The van der Waals surface area contributed by atoms with Crippen LogP contribution >= 0.6 is 0 Å². The molecule has 2 aromatic carbocycles. The van der Waals surface area contributed by atoms with E-state index in [0.29, 0.717) is 12.2 Å². The van der Waals surface area contributed by atoms with E-state index in [9.17, 15) is 4.79 Å². The summed E-state index contributed by atoms with van der Waals surface area (Å²) in [6.45, 7) is 6.70. The van der Waals surface area contributed by atoms with Gasteiger partial charge in [-0.2, -0.15) is 0 Å². The molecule has 1 amide bonds. The number of rotatable bonds is 4. The topological polar surface area (TPSA) is 46.1 Å². The summed E-state index contributed by atoms with van der Waals surface area (Å²) in [4.78, 5) is 23.2. The summed E-state index contributed by atoms with van der Waals surface area (Å²) in [7, 11) is 1.81. The number of hydrogen-bond donors (Lipinski definition) is 0. The molecule has 132 valence electrons. The Kier molecular flexibility index (Phi) is 5.12. The van der Waals surface area contributed by atoms with Gasteiger partial charge in [0.2, 0.25) is 0 Å². The number of aryl methyl sites for hydroxylation is 3. The van der Waals surface area contributed by atoms with Crippen molar-refractivity contribution in [2.75, 3.05) is 7.05 Å². The van der Waals surface area contributed by atoms with Crippen molar-refractivity contribution in [1.29, 1.82) is 0 Å². The molecule has 0 saturated heterocycles. The molecular weight excluding hydrogens is 322 g/mol. The third kappa shape index (κ3) is 3.80. The van der Waals surface area contributed by atoms with E-state index in [2.05, 4.69) is 42.0 Å². The van der Waals surface area contributed by atoms with Gasteiger partial charge in [0.05, 0.1) is 0 Å². The second-order valence-electron chi connectivity index (χ2n) is 6.76. The summed E-state index contributed by atoms with van der Waals surface area (Å²) < 4.78 is 0. The molecule has 0 spiro atoms. The summed E-state index contributed by atoms with van der Waals surface area (Å²) >= 11 is 0. The number of nitrogens with zero attached hydrogens (tertiary/aromatic N) is 3. The molecule has 3 aromatic rings. The van der Waals surface area contributed by atoms with Gasteiger partial charge in [-0.15, -0.1) is 0 Å². The molecule has 0 radical (unpaired) electrons. The van der Waals surface area contributed by atoms with Gasteiger partial charge in [-0.25, -0.2) is 9.97 Å². The highest BCUT2D eigenvalue weighted by Crippen LogP contribution is 2.25. The molecule has 3 rings (SSSR count). The molecule has 1 heterocycles. The maximum Gasteiger partial charge on any atom is 0.273 e. The van der Waals surface area contributed by atoms with E-state index in [1.54, 1.807) is 11.1 Å². The van der Waals surface area contributed by atoms with Crippen LogP contribution in [-0.2, 0) is 6.54 Å². The van der Waals surface area contributed by atoms with E-state index >= 15 is 0 Å². The number of aromatic nitrogens is 2. The fourth-order valence-electron chi connectivity index (χ4n) is 3.26. The minimum Gasteiger partial charge on any atom is -0.336 e. The monoisotopic (exact) mass is 345 g/mol. The highest BCUT2D eigenvalue weighted by Gasteiger charge is 2.19. The molecule has 0 unspecified atom stereocenters. The number of amides is 1. The first-order valence-corrected chi connectivity index (χ1v) is 8.64. The minimum absolute atomic E-state index is 0.107. The van der Waals surface area contributed by atoms with Gasteiger partial charge in [0.25, 0.3) is 5.91 Å². The zero-order valence-electron chi connectivity index (χ0n) is 15.7. The van der Waals surface area contributed by atoms with Crippen LogP contribution in [0.2, 0.25) is 0 Å². The Morgan fingerprint density at radius 2 is 1.69 bits per heavy atom.